The van der Waals surface area contributed by atoms with Crippen LogP contribution in [-0.4, -0.2) is 5.91 Å². The molecule has 0 fully saturated rings. The van der Waals surface area contributed by atoms with Crippen molar-refractivity contribution in [2.75, 3.05) is 5.32 Å². The number of anilines is 1. The van der Waals surface area contributed by atoms with E-state index in [4.69, 9.17) is 5.26 Å². The zero-order valence-corrected chi connectivity index (χ0v) is 14.5. The highest BCUT2D eigenvalue weighted by molar-refractivity contribution is 5.97. The van der Waals surface area contributed by atoms with E-state index in [1.807, 2.05) is 24.3 Å². The van der Waals surface area contributed by atoms with Gasteiger partial charge in [-0.2, -0.15) is 5.26 Å². The number of nitriles is 1. The van der Waals surface area contributed by atoms with Gasteiger partial charge < -0.3 is 10.6 Å². The van der Waals surface area contributed by atoms with E-state index in [2.05, 4.69) is 17.6 Å². The lowest BCUT2D eigenvalue weighted by Gasteiger charge is -2.14. The predicted octanol–water partition coefficient (Wildman–Crippen LogP) is 4.22. The molecular formula is C20H19F2N3O. The molecule has 2 N–H and O–H groups in total. The summed E-state index contributed by atoms with van der Waals surface area (Å²) in [5.74, 6) is -2.27. The van der Waals surface area contributed by atoms with Crippen molar-refractivity contribution in [1.82, 2.24) is 5.32 Å². The first-order chi connectivity index (χ1) is 12.5. The van der Waals surface area contributed by atoms with Crippen LogP contribution in [0.15, 0.2) is 54.2 Å². The Labute approximate surface area is 151 Å². The van der Waals surface area contributed by atoms with Gasteiger partial charge >= 0.3 is 0 Å². The average Bonchev–Trinajstić information content (AvgIpc) is 2.64. The molecule has 0 aromatic heterocycles. The summed E-state index contributed by atoms with van der Waals surface area (Å²) >= 11 is 0. The zero-order valence-electron chi connectivity index (χ0n) is 14.5. The number of nitrogens with one attached hydrogen (secondary N) is 2. The molecule has 2 aromatic carbocycles. The Bertz CT molecular complexity index is 834. The summed E-state index contributed by atoms with van der Waals surface area (Å²) in [6.45, 7) is 3.84. The molecule has 4 nitrogen and oxygen atoms in total. The molecule has 0 saturated carbocycles. The van der Waals surface area contributed by atoms with E-state index in [1.54, 1.807) is 13.0 Å². The number of aryl methyl sites for hydroxylation is 1. The third-order valence-corrected chi connectivity index (χ3v) is 3.92. The number of amides is 1. The van der Waals surface area contributed by atoms with Crippen LogP contribution in [0.2, 0.25) is 0 Å². The van der Waals surface area contributed by atoms with Crippen LogP contribution in [0.3, 0.4) is 0 Å². The Balaban J connectivity index is 2.09. The molecule has 0 bridgehead atoms. The minimum absolute atomic E-state index is 0.287. The third-order valence-electron chi connectivity index (χ3n) is 3.92. The van der Waals surface area contributed by atoms with E-state index < -0.39 is 23.2 Å². The van der Waals surface area contributed by atoms with Crippen LogP contribution < -0.4 is 10.6 Å². The molecule has 1 amide bonds. The number of hydrogen-bond acceptors (Lipinski definition) is 3. The fourth-order valence-corrected chi connectivity index (χ4v) is 2.33. The normalized spacial score (nSPS) is 12.2. The SMILES string of the molecule is CCc1ccc(C(C)NC(=O)/C(C#N)=C\Nc2c(F)cccc2F)cc1. The Morgan fingerprint density at radius 3 is 2.35 bits per heavy atom. The average molecular weight is 355 g/mol. The Morgan fingerprint density at radius 2 is 1.81 bits per heavy atom. The molecule has 6 heteroatoms. The molecule has 134 valence electrons. The first-order valence-corrected chi connectivity index (χ1v) is 8.16. The van der Waals surface area contributed by atoms with Gasteiger partial charge in [0.15, 0.2) is 0 Å². The van der Waals surface area contributed by atoms with Crippen LogP contribution in [0, 0.1) is 23.0 Å². The van der Waals surface area contributed by atoms with Crippen molar-refractivity contribution in [1.29, 1.82) is 5.26 Å². The van der Waals surface area contributed by atoms with Crippen LogP contribution in [0.25, 0.3) is 0 Å². The molecule has 0 aliphatic rings. The smallest absolute Gasteiger partial charge is 0.263 e. The van der Waals surface area contributed by atoms with Crippen molar-refractivity contribution < 1.29 is 13.6 Å². The van der Waals surface area contributed by atoms with Crippen LogP contribution in [0.1, 0.15) is 31.0 Å². The highest BCUT2D eigenvalue weighted by Gasteiger charge is 2.15. The number of hydrogen-bond donors (Lipinski definition) is 2. The second kappa shape index (κ2) is 8.77. The molecule has 0 aliphatic heterocycles. The van der Waals surface area contributed by atoms with Crippen molar-refractivity contribution in [3.63, 3.8) is 0 Å². The number of nitrogens with zero attached hydrogens (tertiary/aromatic N) is 1. The summed E-state index contributed by atoms with van der Waals surface area (Å²) in [6, 6.07) is 12.5. The van der Waals surface area contributed by atoms with Crippen molar-refractivity contribution in [3.8, 4) is 6.07 Å². The third kappa shape index (κ3) is 4.67. The summed E-state index contributed by atoms with van der Waals surface area (Å²) in [5.41, 5.74) is 1.36. The number of carbonyl (C=O) groups excluding carboxylic acids is 1. The fourth-order valence-electron chi connectivity index (χ4n) is 2.33. The Kier molecular flexibility index (Phi) is 6.45. The molecule has 2 rings (SSSR count). The molecule has 2 aromatic rings. The van der Waals surface area contributed by atoms with Crippen LogP contribution in [-0.2, 0) is 11.2 Å². The summed E-state index contributed by atoms with van der Waals surface area (Å²) in [4.78, 5) is 12.2. The van der Waals surface area contributed by atoms with E-state index in [9.17, 15) is 13.6 Å². The molecule has 0 aliphatic carbocycles. The van der Waals surface area contributed by atoms with E-state index in [-0.39, 0.29) is 11.6 Å². The largest absolute Gasteiger partial charge is 0.355 e. The summed E-state index contributed by atoms with van der Waals surface area (Å²) in [6.07, 6.45) is 1.91. The van der Waals surface area contributed by atoms with Gasteiger partial charge in [0, 0.05) is 6.20 Å². The summed E-state index contributed by atoms with van der Waals surface area (Å²) < 4.78 is 27.2. The number of halogens is 2. The highest BCUT2D eigenvalue weighted by Crippen LogP contribution is 2.18. The van der Waals surface area contributed by atoms with Gasteiger partial charge in [-0.1, -0.05) is 37.3 Å². The fraction of sp³-hybridized carbons (Fsp3) is 0.200. The molecule has 0 heterocycles. The highest BCUT2D eigenvalue weighted by atomic mass is 19.1. The first kappa shape index (κ1) is 19.1. The zero-order chi connectivity index (χ0) is 19.1. The maximum Gasteiger partial charge on any atom is 0.263 e. The molecule has 1 atom stereocenters. The Morgan fingerprint density at radius 1 is 1.19 bits per heavy atom. The standard InChI is InChI=1S/C20H19F2N3O/c1-3-14-7-9-15(10-8-14)13(2)25-20(26)16(11-23)12-24-19-17(21)5-4-6-18(19)22/h4-10,12-13,24H,3H2,1-2H3,(H,25,26)/b16-12-. The second-order valence-corrected chi connectivity index (χ2v) is 5.70. The number of carbonyl (C=O) groups is 1. The number of rotatable bonds is 6. The van der Waals surface area contributed by atoms with Gasteiger partial charge in [0.25, 0.3) is 5.91 Å². The summed E-state index contributed by atoms with van der Waals surface area (Å²) in [7, 11) is 0. The van der Waals surface area contributed by atoms with E-state index in [0.717, 1.165) is 30.3 Å². The monoisotopic (exact) mass is 355 g/mol. The molecule has 1 unspecified atom stereocenters. The summed E-state index contributed by atoms with van der Waals surface area (Å²) in [5, 5.41) is 14.2. The van der Waals surface area contributed by atoms with Crippen molar-refractivity contribution >= 4 is 11.6 Å². The maximum absolute atomic E-state index is 13.6. The number of para-hydroxylation sites is 1. The van der Waals surface area contributed by atoms with E-state index in [0.29, 0.717) is 0 Å². The van der Waals surface area contributed by atoms with Gasteiger partial charge in [-0.05, 0) is 36.6 Å². The van der Waals surface area contributed by atoms with Gasteiger partial charge in [0.1, 0.15) is 29.0 Å². The van der Waals surface area contributed by atoms with Crippen molar-refractivity contribution in [3.05, 3.63) is 77.0 Å². The molecule has 0 saturated heterocycles. The van der Waals surface area contributed by atoms with Gasteiger partial charge in [-0.3, -0.25) is 4.79 Å². The minimum atomic E-state index is -0.816. The van der Waals surface area contributed by atoms with Gasteiger partial charge in [0.05, 0.1) is 6.04 Å². The second-order valence-electron chi connectivity index (χ2n) is 5.70. The quantitative estimate of drug-likeness (QED) is 0.602. The van der Waals surface area contributed by atoms with Crippen LogP contribution in [0.4, 0.5) is 14.5 Å². The van der Waals surface area contributed by atoms with Gasteiger partial charge in [-0.15, -0.1) is 0 Å². The minimum Gasteiger partial charge on any atom is -0.355 e. The van der Waals surface area contributed by atoms with Crippen LogP contribution >= 0.6 is 0 Å². The lowest BCUT2D eigenvalue weighted by molar-refractivity contribution is -0.117. The maximum atomic E-state index is 13.6. The van der Waals surface area contributed by atoms with E-state index in [1.165, 1.54) is 11.6 Å². The molecule has 0 radical (unpaired) electrons. The van der Waals surface area contributed by atoms with Gasteiger partial charge in [-0.25, -0.2) is 8.78 Å². The lowest BCUT2D eigenvalue weighted by atomic mass is 10.0. The molecule has 0 spiro atoms. The van der Waals surface area contributed by atoms with Crippen LogP contribution in [0.5, 0.6) is 0 Å². The van der Waals surface area contributed by atoms with Crippen molar-refractivity contribution in [2.24, 2.45) is 0 Å². The first-order valence-electron chi connectivity index (χ1n) is 8.16. The molecular weight excluding hydrogens is 336 g/mol. The van der Waals surface area contributed by atoms with Gasteiger partial charge in [0.2, 0.25) is 0 Å². The topological polar surface area (TPSA) is 64.9 Å². The predicted molar refractivity (Wildman–Crippen MR) is 96.1 cm³/mol. The molecule has 26 heavy (non-hydrogen) atoms. The number of benzene rings is 2. The van der Waals surface area contributed by atoms with Crippen molar-refractivity contribution in [2.45, 2.75) is 26.3 Å². The lowest BCUT2D eigenvalue weighted by Crippen LogP contribution is -2.28. The van der Waals surface area contributed by atoms with E-state index >= 15 is 0 Å². The Hall–Kier alpha value is -3.20.